The van der Waals surface area contributed by atoms with Gasteiger partial charge in [-0.25, -0.2) is 9.97 Å². The molecule has 0 unspecified atom stereocenters. The molecule has 0 radical (unpaired) electrons. The smallest absolute Gasteiger partial charge is 0.160 e. The summed E-state index contributed by atoms with van der Waals surface area (Å²) < 4.78 is 0. The van der Waals surface area contributed by atoms with Crippen LogP contribution in [0.5, 0.6) is 0 Å². The number of nitrogens with zero attached hydrogens (tertiary/aromatic N) is 3. The fourth-order valence-electron chi connectivity index (χ4n) is 10.0. The zero-order valence-electron chi connectivity index (χ0n) is 34.4. The van der Waals surface area contributed by atoms with Crippen LogP contribution in [0.25, 0.3) is 89.5 Å². The normalized spacial score (nSPS) is 13.6. The van der Waals surface area contributed by atoms with Gasteiger partial charge < -0.3 is 0 Å². The minimum Gasteiger partial charge on any atom is -0.228 e. The van der Waals surface area contributed by atoms with Crippen LogP contribution in [0.1, 0.15) is 48.8 Å². The van der Waals surface area contributed by atoms with Gasteiger partial charge in [0.05, 0.1) is 23.0 Å². The second-order valence-corrected chi connectivity index (χ2v) is 16.8. The highest BCUT2D eigenvalue weighted by Gasteiger charge is 2.44. The van der Waals surface area contributed by atoms with Crippen LogP contribution in [-0.2, 0) is 5.41 Å². The van der Waals surface area contributed by atoms with Crippen molar-refractivity contribution in [2.24, 2.45) is 0 Å². The summed E-state index contributed by atoms with van der Waals surface area (Å²) in [4.78, 5) is 10.2. The second kappa shape index (κ2) is 15.7. The van der Waals surface area contributed by atoms with Gasteiger partial charge >= 0.3 is 0 Å². The topological polar surface area (TPSA) is 49.6 Å². The van der Waals surface area contributed by atoms with Gasteiger partial charge in [-0.15, -0.1) is 0 Å². The number of rotatable bonds is 7. The number of fused-ring (bicyclic) bond motifs is 5. The summed E-state index contributed by atoms with van der Waals surface area (Å²) in [7, 11) is 0. The highest BCUT2D eigenvalue weighted by molar-refractivity contribution is 5.93. The first-order valence-corrected chi connectivity index (χ1v) is 21.7. The molecule has 1 saturated carbocycles. The van der Waals surface area contributed by atoms with Gasteiger partial charge in [0.2, 0.25) is 0 Å². The maximum Gasteiger partial charge on any atom is 0.160 e. The Morgan fingerprint density at radius 3 is 1.53 bits per heavy atom. The first-order chi connectivity index (χ1) is 30.6. The maximum atomic E-state index is 9.85. The lowest BCUT2D eigenvalue weighted by Gasteiger charge is -2.36. The van der Waals surface area contributed by atoms with Crippen molar-refractivity contribution >= 4 is 0 Å². The maximum absolute atomic E-state index is 9.85. The third kappa shape index (κ3) is 6.71. The van der Waals surface area contributed by atoms with Crippen LogP contribution in [0.15, 0.2) is 200 Å². The highest BCUT2D eigenvalue weighted by atomic mass is 14.9. The first kappa shape index (κ1) is 37.3. The van der Waals surface area contributed by atoms with E-state index in [9.17, 15) is 5.26 Å². The minimum absolute atomic E-state index is 0.0485. The largest absolute Gasteiger partial charge is 0.228 e. The summed E-state index contributed by atoms with van der Waals surface area (Å²) in [5.41, 5.74) is 20.5. The Kier molecular flexibility index (Phi) is 9.48. The molecule has 1 fully saturated rings. The van der Waals surface area contributed by atoms with Crippen LogP contribution < -0.4 is 0 Å². The van der Waals surface area contributed by atoms with E-state index in [0.29, 0.717) is 5.82 Å². The van der Waals surface area contributed by atoms with E-state index in [-0.39, 0.29) is 5.41 Å². The fourth-order valence-corrected chi connectivity index (χ4v) is 10.0. The van der Waals surface area contributed by atoms with E-state index in [1.54, 1.807) is 0 Å². The average molecular weight is 794 g/mol. The van der Waals surface area contributed by atoms with Crippen LogP contribution in [0.4, 0.5) is 0 Å². The summed E-state index contributed by atoms with van der Waals surface area (Å²) in [6.07, 6.45) is 6.12. The molecule has 9 aromatic rings. The number of hydrogen-bond acceptors (Lipinski definition) is 3. The molecular formula is C59H43N3. The molecule has 3 heteroatoms. The predicted molar refractivity (Wildman–Crippen MR) is 254 cm³/mol. The van der Waals surface area contributed by atoms with E-state index >= 15 is 0 Å². The molecule has 1 spiro atoms. The lowest BCUT2D eigenvalue weighted by Crippen LogP contribution is -2.28. The molecule has 0 bridgehead atoms. The Morgan fingerprint density at radius 2 is 0.887 bits per heavy atom. The SMILES string of the molecule is N#Cc1ccc2c(c1)-c1c(-c3ccc(-c4ccc(-c5cccc(-c6cc(-c7ccc(-c8ccccc8)cc7)nc(-c7ccccc7)n6)c5)cc4)cc3)cccc1C21CCCCC1. The molecular weight excluding hydrogens is 751 g/mol. The van der Waals surface area contributed by atoms with Gasteiger partial charge in [0, 0.05) is 22.1 Å². The van der Waals surface area contributed by atoms with Crippen LogP contribution in [-0.4, -0.2) is 9.97 Å². The Balaban J connectivity index is 0.886. The third-order valence-corrected chi connectivity index (χ3v) is 13.2. The quantitative estimate of drug-likeness (QED) is 0.161. The molecule has 0 saturated heterocycles. The molecule has 0 N–H and O–H groups in total. The molecule has 1 heterocycles. The van der Waals surface area contributed by atoms with Gasteiger partial charge in [0.1, 0.15) is 0 Å². The lowest BCUT2D eigenvalue weighted by atomic mass is 9.67. The van der Waals surface area contributed by atoms with E-state index in [2.05, 4.69) is 176 Å². The number of benzene rings is 8. The van der Waals surface area contributed by atoms with Crippen LogP contribution in [0, 0.1) is 11.3 Å². The average Bonchev–Trinajstić information content (AvgIpc) is 3.62. The molecule has 294 valence electrons. The highest BCUT2D eigenvalue weighted by Crippen LogP contribution is 2.58. The molecule has 3 nitrogen and oxygen atoms in total. The van der Waals surface area contributed by atoms with Crippen molar-refractivity contribution in [2.45, 2.75) is 37.5 Å². The Labute approximate surface area is 363 Å². The summed E-state index contributed by atoms with van der Waals surface area (Å²) in [6, 6.07) is 73.6. The lowest BCUT2D eigenvalue weighted by molar-refractivity contribution is 0.353. The van der Waals surface area contributed by atoms with Crippen molar-refractivity contribution in [3.05, 3.63) is 217 Å². The fraction of sp³-hybridized carbons (Fsp3) is 0.102. The van der Waals surface area contributed by atoms with Crippen molar-refractivity contribution in [3.8, 4) is 95.6 Å². The molecule has 2 aliphatic rings. The molecule has 0 atom stereocenters. The van der Waals surface area contributed by atoms with E-state index < -0.39 is 0 Å². The van der Waals surface area contributed by atoms with Gasteiger partial charge in [0.15, 0.2) is 5.82 Å². The number of nitriles is 1. The predicted octanol–water partition coefficient (Wildman–Crippen LogP) is 15.2. The first-order valence-electron chi connectivity index (χ1n) is 21.7. The van der Waals surface area contributed by atoms with Crippen molar-refractivity contribution in [1.82, 2.24) is 9.97 Å². The second-order valence-electron chi connectivity index (χ2n) is 16.8. The Bertz CT molecular complexity index is 3120. The summed E-state index contributed by atoms with van der Waals surface area (Å²) >= 11 is 0. The van der Waals surface area contributed by atoms with Crippen molar-refractivity contribution in [1.29, 1.82) is 5.26 Å². The van der Waals surface area contributed by atoms with Gasteiger partial charge in [-0.3, -0.25) is 0 Å². The molecule has 1 aromatic heterocycles. The molecule has 0 amide bonds. The third-order valence-electron chi connectivity index (χ3n) is 13.2. The van der Waals surface area contributed by atoms with E-state index in [1.165, 1.54) is 87.7 Å². The number of hydrogen-bond donors (Lipinski definition) is 0. The van der Waals surface area contributed by atoms with Crippen molar-refractivity contribution in [2.75, 3.05) is 0 Å². The summed E-state index contributed by atoms with van der Waals surface area (Å²) in [5, 5.41) is 9.85. The molecule has 8 aromatic carbocycles. The van der Waals surface area contributed by atoms with Crippen LogP contribution in [0.3, 0.4) is 0 Å². The van der Waals surface area contributed by atoms with Gasteiger partial charge in [0.25, 0.3) is 0 Å². The van der Waals surface area contributed by atoms with Crippen molar-refractivity contribution in [3.63, 3.8) is 0 Å². The minimum atomic E-state index is 0.0485. The standard InChI is InChI=1S/C59H43N3/c60-39-40-20-33-53-52(36-40)57-51(18-11-19-54(57)59(53)34-8-3-9-35-59)46-29-25-44(26-30-46)43-21-23-45(24-22-43)49-16-10-17-50(37-49)56-38-55(61-58(62-56)48-14-6-2-7-15-48)47-31-27-42(28-32-47)41-12-4-1-5-13-41/h1-2,4-7,10-33,36-38H,3,8-9,34-35H2. The van der Waals surface area contributed by atoms with Crippen LogP contribution in [0.2, 0.25) is 0 Å². The van der Waals surface area contributed by atoms with Gasteiger partial charge in [-0.1, -0.05) is 195 Å². The van der Waals surface area contributed by atoms with Crippen molar-refractivity contribution < 1.29 is 0 Å². The monoisotopic (exact) mass is 793 g/mol. The van der Waals surface area contributed by atoms with E-state index in [0.717, 1.165) is 44.8 Å². The molecule has 11 rings (SSSR count). The summed E-state index contributed by atoms with van der Waals surface area (Å²) in [6.45, 7) is 0. The number of aromatic nitrogens is 2. The van der Waals surface area contributed by atoms with Crippen LogP contribution >= 0.6 is 0 Å². The summed E-state index contributed by atoms with van der Waals surface area (Å²) in [5.74, 6) is 0.703. The van der Waals surface area contributed by atoms with Gasteiger partial charge in [-0.2, -0.15) is 5.26 Å². The molecule has 2 aliphatic carbocycles. The Morgan fingerprint density at radius 1 is 0.371 bits per heavy atom. The molecule has 0 aliphatic heterocycles. The van der Waals surface area contributed by atoms with E-state index in [1.807, 2.05) is 30.3 Å². The van der Waals surface area contributed by atoms with Gasteiger partial charge in [-0.05, 0) is 104 Å². The zero-order chi connectivity index (χ0) is 41.5. The molecule has 62 heavy (non-hydrogen) atoms. The zero-order valence-corrected chi connectivity index (χ0v) is 34.4. The Hall–Kier alpha value is -7.67. The van der Waals surface area contributed by atoms with E-state index in [4.69, 9.17) is 9.97 Å².